The summed E-state index contributed by atoms with van der Waals surface area (Å²) in [6.45, 7) is 5.07. The number of aryl methyl sites for hydroxylation is 1. The Morgan fingerprint density at radius 3 is 2.39 bits per heavy atom. The Hall–Kier alpha value is -3.06. The number of pyridine rings is 1. The summed E-state index contributed by atoms with van der Waals surface area (Å²) in [5.74, 6) is 0.828. The zero-order valence-corrected chi connectivity index (χ0v) is 17.7. The van der Waals surface area contributed by atoms with Gasteiger partial charge in [-0.05, 0) is 55.2 Å². The van der Waals surface area contributed by atoms with Gasteiger partial charge in [0.25, 0.3) is 0 Å². The Kier molecular flexibility index (Phi) is 5.06. The standard InChI is InChI=1S/C24H26FN5O/c1-18-14-22-29(17-20-6-10-26-11-7-20)23(31)15-24(30(22)27-18)8-12-28(13-9-24)16-19-2-4-21(25)5-3-19/h2-7,10-11,14H,8-9,12-13,15-17H2,1H3. The number of anilines is 1. The van der Waals surface area contributed by atoms with E-state index in [0.29, 0.717) is 13.0 Å². The van der Waals surface area contributed by atoms with Crippen LogP contribution in [-0.2, 0) is 23.4 Å². The van der Waals surface area contributed by atoms with Gasteiger partial charge in [0.2, 0.25) is 5.91 Å². The van der Waals surface area contributed by atoms with Crippen LogP contribution >= 0.6 is 0 Å². The van der Waals surface area contributed by atoms with Crippen molar-refractivity contribution in [3.63, 3.8) is 0 Å². The monoisotopic (exact) mass is 419 g/mol. The van der Waals surface area contributed by atoms with Crippen molar-refractivity contribution >= 4 is 11.7 Å². The number of hydrogen-bond donors (Lipinski definition) is 0. The quantitative estimate of drug-likeness (QED) is 0.648. The summed E-state index contributed by atoms with van der Waals surface area (Å²) < 4.78 is 15.3. The van der Waals surface area contributed by atoms with Crippen LogP contribution in [0, 0.1) is 12.7 Å². The van der Waals surface area contributed by atoms with E-state index in [1.807, 2.05) is 42.2 Å². The molecule has 6 nitrogen and oxygen atoms in total. The van der Waals surface area contributed by atoms with Crippen LogP contribution in [-0.4, -0.2) is 38.7 Å². The van der Waals surface area contributed by atoms with Crippen molar-refractivity contribution in [1.82, 2.24) is 19.7 Å². The van der Waals surface area contributed by atoms with Gasteiger partial charge in [-0.3, -0.25) is 19.6 Å². The van der Waals surface area contributed by atoms with Crippen molar-refractivity contribution in [1.29, 1.82) is 0 Å². The van der Waals surface area contributed by atoms with Crippen molar-refractivity contribution < 1.29 is 9.18 Å². The molecule has 5 rings (SSSR count). The van der Waals surface area contributed by atoms with Gasteiger partial charge in [-0.25, -0.2) is 9.07 Å². The summed E-state index contributed by atoms with van der Waals surface area (Å²) in [5, 5.41) is 4.82. The molecule has 0 atom stereocenters. The van der Waals surface area contributed by atoms with Crippen LogP contribution in [0.25, 0.3) is 0 Å². The molecule has 2 aliphatic heterocycles. The molecule has 0 aliphatic carbocycles. The van der Waals surface area contributed by atoms with Crippen LogP contribution in [0.5, 0.6) is 0 Å². The molecule has 7 heteroatoms. The first-order chi connectivity index (χ1) is 15.0. The maximum Gasteiger partial charge on any atom is 0.230 e. The molecular formula is C24H26FN5O. The molecule has 0 N–H and O–H groups in total. The Bertz CT molecular complexity index is 1070. The number of fused-ring (bicyclic) bond motifs is 2. The van der Waals surface area contributed by atoms with Crippen LogP contribution in [0.3, 0.4) is 0 Å². The number of nitrogens with zero attached hydrogens (tertiary/aromatic N) is 5. The number of benzene rings is 1. The predicted molar refractivity (Wildman–Crippen MR) is 116 cm³/mol. The minimum atomic E-state index is -0.269. The van der Waals surface area contributed by atoms with Crippen molar-refractivity contribution in [2.24, 2.45) is 0 Å². The molecule has 4 heterocycles. The van der Waals surface area contributed by atoms with E-state index >= 15 is 0 Å². The fourth-order valence-electron chi connectivity index (χ4n) is 4.81. The lowest BCUT2D eigenvalue weighted by atomic mass is 9.82. The highest BCUT2D eigenvalue weighted by atomic mass is 19.1. The number of carbonyl (C=O) groups is 1. The topological polar surface area (TPSA) is 54.3 Å². The first-order valence-electron chi connectivity index (χ1n) is 10.8. The Morgan fingerprint density at radius 2 is 1.68 bits per heavy atom. The summed E-state index contributed by atoms with van der Waals surface area (Å²) in [4.78, 5) is 21.6. The second kappa shape index (κ2) is 7.89. The average Bonchev–Trinajstić information content (AvgIpc) is 3.18. The zero-order chi connectivity index (χ0) is 21.4. The van der Waals surface area contributed by atoms with Crippen molar-refractivity contribution in [3.05, 3.63) is 77.5 Å². The third kappa shape index (κ3) is 3.85. The zero-order valence-electron chi connectivity index (χ0n) is 17.7. The van der Waals surface area contributed by atoms with Gasteiger partial charge in [-0.15, -0.1) is 0 Å². The van der Waals surface area contributed by atoms with Crippen molar-refractivity contribution in [3.8, 4) is 0 Å². The number of likely N-dealkylation sites (tertiary alicyclic amines) is 1. The number of amides is 1. The number of piperidine rings is 1. The maximum atomic E-state index is 13.3. The first-order valence-corrected chi connectivity index (χ1v) is 10.8. The molecule has 1 amide bonds. The van der Waals surface area contributed by atoms with E-state index in [4.69, 9.17) is 5.10 Å². The SMILES string of the molecule is Cc1cc2n(n1)C1(CCN(Cc3ccc(F)cc3)CC1)CC(=O)N2Cc1ccncc1. The molecule has 31 heavy (non-hydrogen) atoms. The van der Waals surface area contributed by atoms with Crippen LogP contribution in [0.4, 0.5) is 10.2 Å². The molecule has 1 spiro atoms. The molecule has 1 aromatic carbocycles. The van der Waals surface area contributed by atoms with Gasteiger partial charge in [-0.2, -0.15) is 5.10 Å². The van der Waals surface area contributed by atoms with E-state index in [-0.39, 0.29) is 17.3 Å². The lowest BCUT2D eigenvalue weighted by Gasteiger charge is -2.46. The van der Waals surface area contributed by atoms with E-state index < -0.39 is 0 Å². The van der Waals surface area contributed by atoms with Gasteiger partial charge < -0.3 is 0 Å². The Labute approximate surface area is 181 Å². The summed E-state index contributed by atoms with van der Waals surface area (Å²) in [7, 11) is 0. The number of hydrogen-bond acceptors (Lipinski definition) is 4. The van der Waals surface area contributed by atoms with E-state index in [9.17, 15) is 9.18 Å². The number of carbonyl (C=O) groups excluding carboxylic acids is 1. The average molecular weight is 420 g/mol. The number of aromatic nitrogens is 3. The Balaban J connectivity index is 1.35. The normalized spacial score (nSPS) is 18.4. The molecule has 1 fully saturated rings. The first kappa shape index (κ1) is 19.9. The molecule has 0 bridgehead atoms. The van der Waals surface area contributed by atoms with Gasteiger partial charge in [0, 0.05) is 38.1 Å². The largest absolute Gasteiger partial charge is 0.299 e. The lowest BCUT2D eigenvalue weighted by molar-refractivity contribution is -0.123. The van der Waals surface area contributed by atoms with Gasteiger partial charge in [0.15, 0.2) is 0 Å². The molecule has 2 aromatic heterocycles. The third-order valence-corrected chi connectivity index (χ3v) is 6.52. The highest BCUT2D eigenvalue weighted by Crippen LogP contribution is 2.42. The third-order valence-electron chi connectivity index (χ3n) is 6.52. The summed E-state index contributed by atoms with van der Waals surface area (Å²) in [5.41, 5.74) is 2.82. The highest BCUT2D eigenvalue weighted by molar-refractivity contribution is 5.94. The Morgan fingerprint density at radius 1 is 1.00 bits per heavy atom. The summed E-state index contributed by atoms with van der Waals surface area (Å²) in [6.07, 6.45) is 5.72. The van der Waals surface area contributed by atoms with Gasteiger partial charge in [-0.1, -0.05) is 12.1 Å². The molecule has 3 aromatic rings. The molecule has 1 saturated heterocycles. The predicted octanol–water partition coefficient (Wildman–Crippen LogP) is 3.65. The van der Waals surface area contributed by atoms with E-state index in [1.54, 1.807) is 12.4 Å². The summed E-state index contributed by atoms with van der Waals surface area (Å²) in [6, 6.07) is 12.6. The molecule has 0 unspecified atom stereocenters. The van der Waals surface area contributed by atoms with Crippen LogP contribution in [0.15, 0.2) is 54.9 Å². The van der Waals surface area contributed by atoms with E-state index in [1.165, 1.54) is 12.1 Å². The van der Waals surface area contributed by atoms with Crippen molar-refractivity contribution in [2.75, 3.05) is 18.0 Å². The molecular weight excluding hydrogens is 393 g/mol. The smallest absolute Gasteiger partial charge is 0.230 e. The fraction of sp³-hybridized carbons (Fsp3) is 0.375. The second-order valence-electron chi connectivity index (χ2n) is 8.69. The lowest BCUT2D eigenvalue weighted by Crippen LogP contribution is -2.53. The van der Waals surface area contributed by atoms with Gasteiger partial charge >= 0.3 is 0 Å². The van der Waals surface area contributed by atoms with Crippen molar-refractivity contribution in [2.45, 2.75) is 44.8 Å². The van der Waals surface area contributed by atoms with Crippen LogP contribution < -0.4 is 4.90 Å². The van der Waals surface area contributed by atoms with E-state index in [0.717, 1.165) is 55.1 Å². The second-order valence-corrected chi connectivity index (χ2v) is 8.69. The summed E-state index contributed by atoms with van der Waals surface area (Å²) >= 11 is 0. The molecule has 160 valence electrons. The molecule has 2 aliphatic rings. The maximum absolute atomic E-state index is 13.3. The van der Waals surface area contributed by atoms with Gasteiger partial charge in [0.1, 0.15) is 11.6 Å². The minimum Gasteiger partial charge on any atom is -0.299 e. The van der Waals surface area contributed by atoms with Gasteiger partial charge in [0.05, 0.1) is 24.2 Å². The van der Waals surface area contributed by atoms with Crippen LogP contribution in [0.1, 0.15) is 36.1 Å². The highest BCUT2D eigenvalue weighted by Gasteiger charge is 2.46. The van der Waals surface area contributed by atoms with Crippen LogP contribution in [0.2, 0.25) is 0 Å². The number of rotatable bonds is 4. The number of halogens is 1. The molecule has 0 radical (unpaired) electrons. The molecule has 0 saturated carbocycles. The van der Waals surface area contributed by atoms with E-state index in [2.05, 4.69) is 14.6 Å². The minimum absolute atomic E-state index is 0.149. The fourth-order valence-corrected chi connectivity index (χ4v) is 4.81.